The minimum absolute atomic E-state index is 0.0274. The number of H-pyrrole nitrogens is 1. The lowest BCUT2D eigenvalue weighted by molar-refractivity contribution is -0.121. The highest BCUT2D eigenvalue weighted by Gasteiger charge is 2.13. The van der Waals surface area contributed by atoms with Crippen molar-refractivity contribution in [1.82, 2.24) is 15.3 Å². The van der Waals surface area contributed by atoms with Crippen molar-refractivity contribution in [3.8, 4) is 11.4 Å². The quantitative estimate of drug-likeness (QED) is 0.724. The Bertz CT molecular complexity index is 953. The molecule has 0 saturated heterocycles. The van der Waals surface area contributed by atoms with Gasteiger partial charge in [-0.3, -0.25) is 9.59 Å². The number of nitrogens with one attached hydrogen (secondary N) is 2. The van der Waals surface area contributed by atoms with Gasteiger partial charge in [0.05, 0.1) is 12.5 Å². The molecule has 0 aliphatic carbocycles. The van der Waals surface area contributed by atoms with Crippen LogP contribution < -0.4 is 10.9 Å². The Hall–Kier alpha value is -2.92. The summed E-state index contributed by atoms with van der Waals surface area (Å²) in [6, 6.07) is 16.5. The Balaban J connectivity index is 1.69. The minimum atomic E-state index is -0.326. The highest BCUT2D eigenvalue weighted by Crippen LogP contribution is 2.17. The van der Waals surface area contributed by atoms with Crippen molar-refractivity contribution in [3.05, 3.63) is 87.3 Å². The summed E-state index contributed by atoms with van der Waals surface area (Å²) in [5.74, 6) is 0.210. The fourth-order valence-corrected chi connectivity index (χ4v) is 2.72. The largest absolute Gasteiger partial charge is 0.349 e. The molecule has 0 saturated carbocycles. The molecular weight excluding hydrogens is 350 g/mol. The molecule has 3 rings (SSSR count). The van der Waals surface area contributed by atoms with E-state index in [0.29, 0.717) is 16.4 Å². The van der Waals surface area contributed by atoms with Gasteiger partial charge in [-0.05, 0) is 36.8 Å². The monoisotopic (exact) mass is 367 g/mol. The number of rotatable bonds is 5. The number of halogens is 1. The minimum Gasteiger partial charge on any atom is -0.349 e. The molecule has 3 aromatic rings. The molecule has 132 valence electrons. The summed E-state index contributed by atoms with van der Waals surface area (Å²) in [6.45, 7) is 1.90. The van der Waals surface area contributed by atoms with Gasteiger partial charge in [0.15, 0.2) is 0 Å². The Labute approximate surface area is 156 Å². The first-order valence-electron chi connectivity index (χ1n) is 8.21. The maximum Gasteiger partial charge on any atom is 0.254 e. The molecule has 1 amide bonds. The fraction of sp³-hybridized carbons (Fsp3) is 0.150. The summed E-state index contributed by atoms with van der Waals surface area (Å²) in [5, 5.41) is 3.50. The van der Waals surface area contributed by atoms with Crippen LogP contribution >= 0.6 is 11.6 Å². The molecule has 0 unspecified atom stereocenters. The van der Waals surface area contributed by atoms with Crippen LogP contribution in [0.4, 0.5) is 0 Å². The number of hydrogen-bond acceptors (Lipinski definition) is 3. The van der Waals surface area contributed by atoms with Crippen LogP contribution in [0.3, 0.4) is 0 Å². The summed E-state index contributed by atoms with van der Waals surface area (Å²) in [5.41, 5.74) is 1.75. The molecule has 26 heavy (non-hydrogen) atoms. The van der Waals surface area contributed by atoms with E-state index in [1.807, 2.05) is 37.3 Å². The average Bonchev–Trinajstić information content (AvgIpc) is 2.64. The first kappa shape index (κ1) is 17.9. The number of benzene rings is 2. The van der Waals surface area contributed by atoms with E-state index >= 15 is 0 Å². The lowest BCUT2D eigenvalue weighted by Gasteiger charge is -2.14. The van der Waals surface area contributed by atoms with Gasteiger partial charge in [0, 0.05) is 22.3 Å². The Morgan fingerprint density at radius 3 is 2.50 bits per heavy atom. The Kier molecular flexibility index (Phi) is 5.49. The average molecular weight is 368 g/mol. The van der Waals surface area contributed by atoms with Gasteiger partial charge < -0.3 is 10.3 Å². The zero-order valence-electron chi connectivity index (χ0n) is 14.2. The standard InChI is InChI=1S/C20H18ClN3O2/c1-13(14-5-3-2-4-6-14)23-18(25)11-16-12-22-19(24-20(16)26)15-7-9-17(21)10-8-15/h2-10,12-13H,11H2,1H3,(H,23,25)(H,22,24,26)/t13-/m0/s1. The number of aromatic amines is 1. The van der Waals surface area contributed by atoms with Crippen molar-refractivity contribution >= 4 is 17.5 Å². The summed E-state index contributed by atoms with van der Waals surface area (Å²) in [7, 11) is 0. The maximum atomic E-state index is 12.3. The third-order valence-electron chi connectivity index (χ3n) is 4.02. The fourth-order valence-electron chi connectivity index (χ4n) is 2.59. The summed E-state index contributed by atoms with van der Waals surface area (Å²) >= 11 is 5.86. The second kappa shape index (κ2) is 7.97. The van der Waals surface area contributed by atoms with Crippen LogP contribution in [-0.4, -0.2) is 15.9 Å². The topological polar surface area (TPSA) is 74.8 Å². The zero-order chi connectivity index (χ0) is 18.5. The molecule has 1 aromatic heterocycles. The van der Waals surface area contributed by atoms with Gasteiger partial charge in [-0.25, -0.2) is 4.98 Å². The number of hydrogen-bond donors (Lipinski definition) is 2. The third kappa shape index (κ3) is 4.37. The van der Waals surface area contributed by atoms with Crippen LogP contribution in [0.1, 0.15) is 24.1 Å². The van der Waals surface area contributed by atoms with Gasteiger partial charge >= 0.3 is 0 Å². The van der Waals surface area contributed by atoms with Crippen molar-refractivity contribution in [2.45, 2.75) is 19.4 Å². The molecule has 0 fully saturated rings. The normalized spacial score (nSPS) is 11.8. The van der Waals surface area contributed by atoms with Crippen molar-refractivity contribution in [2.75, 3.05) is 0 Å². The third-order valence-corrected chi connectivity index (χ3v) is 4.27. The van der Waals surface area contributed by atoms with E-state index in [0.717, 1.165) is 11.1 Å². The van der Waals surface area contributed by atoms with Crippen LogP contribution in [0, 0.1) is 0 Å². The van der Waals surface area contributed by atoms with Gasteiger partial charge in [-0.2, -0.15) is 0 Å². The molecule has 2 N–H and O–H groups in total. The smallest absolute Gasteiger partial charge is 0.254 e. The molecule has 0 aliphatic heterocycles. The van der Waals surface area contributed by atoms with Crippen LogP contribution in [0.2, 0.25) is 5.02 Å². The predicted molar refractivity (Wildman–Crippen MR) is 102 cm³/mol. The zero-order valence-corrected chi connectivity index (χ0v) is 15.0. The van der Waals surface area contributed by atoms with E-state index in [9.17, 15) is 9.59 Å². The first-order chi connectivity index (χ1) is 12.5. The Morgan fingerprint density at radius 2 is 1.85 bits per heavy atom. The summed E-state index contributed by atoms with van der Waals surface area (Å²) in [4.78, 5) is 31.5. The van der Waals surface area contributed by atoms with E-state index in [-0.39, 0.29) is 23.9 Å². The summed E-state index contributed by atoms with van der Waals surface area (Å²) in [6.07, 6.45) is 1.41. The van der Waals surface area contributed by atoms with E-state index in [1.54, 1.807) is 24.3 Å². The molecule has 0 bridgehead atoms. The van der Waals surface area contributed by atoms with Gasteiger partial charge in [0.25, 0.3) is 5.56 Å². The molecule has 0 aliphatic rings. The van der Waals surface area contributed by atoms with Crippen LogP contribution in [-0.2, 0) is 11.2 Å². The van der Waals surface area contributed by atoms with Crippen molar-refractivity contribution in [2.24, 2.45) is 0 Å². The molecular formula is C20H18ClN3O2. The number of aromatic nitrogens is 2. The SMILES string of the molecule is C[C@H](NC(=O)Cc1cnc(-c2ccc(Cl)cc2)[nH]c1=O)c1ccccc1. The Morgan fingerprint density at radius 1 is 1.15 bits per heavy atom. The van der Waals surface area contributed by atoms with E-state index in [4.69, 9.17) is 11.6 Å². The highest BCUT2D eigenvalue weighted by atomic mass is 35.5. The van der Waals surface area contributed by atoms with Crippen molar-refractivity contribution < 1.29 is 4.79 Å². The van der Waals surface area contributed by atoms with E-state index in [1.165, 1.54) is 6.20 Å². The summed E-state index contributed by atoms with van der Waals surface area (Å²) < 4.78 is 0. The molecule has 6 heteroatoms. The second-order valence-electron chi connectivity index (χ2n) is 5.97. The molecule has 0 radical (unpaired) electrons. The lowest BCUT2D eigenvalue weighted by Crippen LogP contribution is -2.30. The molecule has 1 atom stereocenters. The van der Waals surface area contributed by atoms with E-state index < -0.39 is 0 Å². The van der Waals surface area contributed by atoms with Crippen LogP contribution in [0.25, 0.3) is 11.4 Å². The number of carbonyl (C=O) groups excluding carboxylic acids is 1. The molecule has 2 aromatic carbocycles. The maximum absolute atomic E-state index is 12.3. The van der Waals surface area contributed by atoms with Gasteiger partial charge in [0.2, 0.25) is 5.91 Å². The second-order valence-corrected chi connectivity index (χ2v) is 6.41. The van der Waals surface area contributed by atoms with Crippen molar-refractivity contribution in [3.63, 3.8) is 0 Å². The van der Waals surface area contributed by atoms with Crippen LogP contribution in [0.15, 0.2) is 65.6 Å². The number of carbonyl (C=O) groups is 1. The van der Waals surface area contributed by atoms with Crippen LogP contribution in [0.5, 0.6) is 0 Å². The molecule has 1 heterocycles. The lowest BCUT2D eigenvalue weighted by atomic mass is 10.1. The van der Waals surface area contributed by atoms with E-state index in [2.05, 4.69) is 15.3 Å². The molecule has 0 spiro atoms. The van der Waals surface area contributed by atoms with Gasteiger partial charge in [0.1, 0.15) is 5.82 Å². The van der Waals surface area contributed by atoms with Gasteiger partial charge in [-0.1, -0.05) is 41.9 Å². The predicted octanol–water partition coefficient (Wildman–Crippen LogP) is 3.51. The number of nitrogens with zero attached hydrogens (tertiary/aromatic N) is 1. The van der Waals surface area contributed by atoms with Crippen molar-refractivity contribution in [1.29, 1.82) is 0 Å². The number of amides is 1. The highest BCUT2D eigenvalue weighted by molar-refractivity contribution is 6.30. The first-order valence-corrected chi connectivity index (χ1v) is 8.59. The molecule has 5 nitrogen and oxygen atoms in total. The van der Waals surface area contributed by atoms with Gasteiger partial charge in [-0.15, -0.1) is 0 Å².